The van der Waals surface area contributed by atoms with Crippen LogP contribution in [0.2, 0.25) is 0 Å². The molecule has 0 aliphatic rings. The normalized spacial score (nSPS) is 11.0. The van der Waals surface area contributed by atoms with Crippen LogP contribution in [0.25, 0.3) is 11.0 Å². The first-order valence-electron chi connectivity index (χ1n) is 5.80. The first kappa shape index (κ1) is 12.0. The zero-order chi connectivity index (χ0) is 13.4. The van der Waals surface area contributed by atoms with Crippen molar-refractivity contribution < 1.29 is 5.11 Å². The maximum absolute atomic E-state index is 12.0. The Bertz CT molecular complexity index is 805. The third kappa shape index (κ3) is 2.17. The molecule has 4 nitrogen and oxygen atoms in total. The summed E-state index contributed by atoms with van der Waals surface area (Å²) in [4.78, 5) is 14.7. The molecule has 2 aromatic carbocycles. The van der Waals surface area contributed by atoms with Crippen molar-refractivity contribution in [3.8, 4) is 5.75 Å². The van der Waals surface area contributed by atoms with Gasteiger partial charge in [-0.25, -0.2) is 4.79 Å². The zero-order valence-electron chi connectivity index (χ0n) is 9.93. The maximum atomic E-state index is 12.0. The third-order valence-corrected chi connectivity index (χ3v) is 3.82. The molecule has 0 radical (unpaired) electrons. The van der Waals surface area contributed by atoms with Gasteiger partial charge in [0.05, 0.1) is 17.6 Å². The van der Waals surface area contributed by atoms with E-state index >= 15 is 0 Å². The Morgan fingerprint density at radius 1 is 1.21 bits per heavy atom. The number of phenols is 1. The fourth-order valence-corrected chi connectivity index (χ4v) is 2.52. The van der Waals surface area contributed by atoms with E-state index in [0.717, 1.165) is 15.6 Å². The summed E-state index contributed by atoms with van der Waals surface area (Å²) in [6, 6.07) is 12.6. The van der Waals surface area contributed by atoms with Crippen LogP contribution in [0.5, 0.6) is 5.75 Å². The van der Waals surface area contributed by atoms with Gasteiger partial charge in [0.1, 0.15) is 5.75 Å². The lowest BCUT2D eigenvalue weighted by Crippen LogP contribution is -2.17. The molecule has 0 unspecified atom stereocenters. The predicted molar refractivity (Wildman–Crippen MR) is 77.5 cm³/mol. The summed E-state index contributed by atoms with van der Waals surface area (Å²) < 4.78 is 2.62. The number of aromatic amines is 1. The average molecular weight is 319 g/mol. The number of aromatic nitrogens is 2. The maximum Gasteiger partial charge on any atom is 0.326 e. The molecular formula is C14H11BrN2O2. The van der Waals surface area contributed by atoms with Gasteiger partial charge in [0.15, 0.2) is 0 Å². The van der Waals surface area contributed by atoms with Crippen molar-refractivity contribution in [3.63, 3.8) is 0 Å². The van der Waals surface area contributed by atoms with Crippen molar-refractivity contribution in [1.82, 2.24) is 9.55 Å². The van der Waals surface area contributed by atoms with E-state index in [0.29, 0.717) is 12.1 Å². The molecule has 19 heavy (non-hydrogen) atoms. The Morgan fingerprint density at radius 2 is 2.00 bits per heavy atom. The van der Waals surface area contributed by atoms with Gasteiger partial charge in [0, 0.05) is 10.5 Å². The third-order valence-electron chi connectivity index (χ3n) is 3.04. The first-order valence-corrected chi connectivity index (χ1v) is 6.59. The fraction of sp³-hybridized carbons (Fsp3) is 0.0714. The molecular weight excluding hydrogens is 308 g/mol. The molecule has 96 valence electrons. The number of hydrogen-bond donors (Lipinski definition) is 2. The number of nitrogens with zero attached hydrogens (tertiary/aromatic N) is 1. The second kappa shape index (κ2) is 4.59. The second-order valence-electron chi connectivity index (χ2n) is 4.31. The van der Waals surface area contributed by atoms with Crippen LogP contribution in [0, 0.1) is 0 Å². The highest BCUT2D eigenvalue weighted by Crippen LogP contribution is 2.20. The van der Waals surface area contributed by atoms with Gasteiger partial charge < -0.3 is 10.1 Å². The number of benzene rings is 2. The van der Waals surface area contributed by atoms with E-state index in [4.69, 9.17) is 0 Å². The number of aromatic hydroxyl groups is 1. The molecule has 3 rings (SSSR count). The van der Waals surface area contributed by atoms with Crippen molar-refractivity contribution in [2.24, 2.45) is 0 Å². The minimum absolute atomic E-state index is 0.141. The van der Waals surface area contributed by atoms with Gasteiger partial charge in [-0.3, -0.25) is 4.57 Å². The summed E-state index contributed by atoms with van der Waals surface area (Å²) in [5, 5.41) is 9.43. The van der Waals surface area contributed by atoms with Gasteiger partial charge in [0.25, 0.3) is 0 Å². The molecule has 1 heterocycles. The molecule has 0 atom stereocenters. The van der Waals surface area contributed by atoms with Crippen LogP contribution in [0.3, 0.4) is 0 Å². The zero-order valence-corrected chi connectivity index (χ0v) is 11.5. The Hall–Kier alpha value is -2.01. The number of rotatable bonds is 2. The molecule has 0 amide bonds. The van der Waals surface area contributed by atoms with E-state index in [1.165, 1.54) is 0 Å². The quantitative estimate of drug-likeness (QED) is 0.763. The van der Waals surface area contributed by atoms with Gasteiger partial charge in [-0.05, 0) is 23.8 Å². The highest BCUT2D eigenvalue weighted by Gasteiger charge is 2.09. The molecule has 1 aromatic heterocycles. The van der Waals surface area contributed by atoms with Crippen molar-refractivity contribution in [2.75, 3.05) is 0 Å². The van der Waals surface area contributed by atoms with Gasteiger partial charge in [0.2, 0.25) is 0 Å². The van der Waals surface area contributed by atoms with E-state index in [1.807, 2.05) is 24.3 Å². The van der Waals surface area contributed by atoms with Crippen LogP contribution in [0.15, 0.2) is 51.7 Å². The van der Waals surface area contributed by atoms with E-state index in [9.17, 15) is 9.90 Å². The molecule has 0 saturated carbocycles. The largest absolute Gasteiger partial charge is 0.508 e. The monoisotopic (exact) mass is 318 g/mol. The van der Waals surface area contributed by atoms with Crippen molar-refractivity contribution in [1.29, 1.82) is 0 Å². The lowest BCUT2D eigenvalue weighted by atomic mass is 10.2. The van der Waals surface area contributed by atoms with Crippen LogP contribution in [0.1, 0.15) is 5.56 Å². The highest BCUT2D eigenvalue weighted by molar-refractivity contribution is 9.10. The molecule has 0 fully saturated rings. The van der Waals surface area contributed by atoms with Crippen LogP contribution < -0.4 is 5.69 Å². The summed E-state index contributed by atoms with van der Waals surface area (Å²) in [5.74, 6) is 0.141. The van der Waals surface area contributed by atoms with Gasteiger partial charge in [-0.1, -0.05) is 34.1 Å². The van der Waals surface area contributed by atoms with Gasteiger partial charge in [-0.2, -0.15) is 0 Å². The smallest absolute Gasteiger partial charge is 0.326 e. The molecule has 0 bridgehead atoms. The van der Waals surface area contributed by atoms with Crippen LogP contribution >= 0.6 is 15.9 Å². The Morgan fingerprint density at radius 3 is 2.79 bits per heavy atom. The average Bonchev–Trinajstić information content (AvgIpc) is 2.68. The summed E-state index contributed by atoms with van der Waals surface area (Å²) in [6.07, 6.45) is 0. The van der Waals surface area contributed by atoms with Crippen molar-refractivity contribution in [3.05, 3.63) is 63.0 Å². The first-order chi connectivity index (χ1) is 9.15. The topological polar surface area (TPSA) is 58.0 Å². The number of fused-ring (bicyclic) bond motifs is 1. The summed E-state index contributed by atoms with van der Waals surface area (Å²) in [7, 11) is 0. The molecule has 0 aliphatic heterocycles. The standard InChI is InChI=1S/C14H11BrN2O2/c15-11-4-2-1-3-9(11)8-17-13-6-5-10(18)7-12(13)16-14(17)19/h1-7,18H,8H2,(H,16,19). The van der Waals surface area contributed by atoms with E-state index in [2.05, 4.69) is 20.9 Å². The van der Waals surface area contributed by atoms with Crippen LogP contribution in [-0.4, -0.2) is 14.7 Å². The number of hydrogen-bond acceptors (Lipinski definition) is 2. The number of nitrogens with one attached hydrogen (secondary N) is 1. The summed E-state index contributed by atoms with van der Waals surface area (Å²) >= 11 is 3.48. The lowest BCUT2D eigenvalue weighted by molar-refractivity contribution is 0.476. The van der Waals surface area contributed by atoms with Gasteiger partial charge in [-0.15, -0.1) is 0 Å². The minimum atomic E-state index is -0.184. The summed E-state index contributed by atoms with van der Waals surface area (Å²) in [6.45, 7) is 0.477. The van der Waals surface area contributed by atoms with Crippen LogP contribution in [0.4, 0.5) is 0 Å². The minimum Gasteiger partial charge on any atom is -0.508 e. The molecule has 5 heteroatoms. The number of halogens is 1. The fourth-order valence-electron chi connectivity index (χ4n) is 2.11. The van der Waals surface area contributed by atoms with E-state index in [1.54, 1.807) is 22.8 Å². The van der Waals surface area contributed by atoms with Crippen LogP contribution in [-0.2, 0) is 6.54 Å². The lowest BCUT2D eigenvalue weighted by Gasteiger charge is -2.06. The van der Waals surface area contributed by atoms with Crippen molar-refractivity contribution >= 4 is 27.0 Å². The molecule has 0 saturated heterocycles. The second-order valence-corrected chi connectivity index (χ2v) is 5.16. The molecule has 0 aliphatic carbocycles. The number of H-pyrrole nitrogens is 1. The van der Waals surface area contributed by atoms with Gasteiger partial charge >= 0.3 is 5.69 Å². The molecule has 2 N–H and O–H groups in total. The number of imidazole rings is 1. The van der Waals surface area contributed by atoms with Crippen molar-refractivity contribution in [2.45, 2.75) is 6.54 Å². The molecule has 0 spiro atoms. The molecule has 3 aromatic rings. The Balaban J connectivity index is 2.13. The predicted octanol–water partition coefficient (Wildman–Crippen LogP) is 2.85. The Kier molecular flexibility index (Phi) is 2.91. The highest BCUT2D eigenvalue weighted by atomic mass is 79.9. The van der Waals surface area contributed by atoms with E-state index in [-0.39, 0.29) is 11.4 Å². The van der Waals surface area contributed by atoms with E-state index < -0.39 is 0 Å². The SMILES string of the molecule is O=c1[nH]c2cc(O)ccc2n1Cc1ccccc1Br. The Labute approximate surface area is 117 Å². The number of phenolic OH excluding ortho intramolecular Hbond substituents is 1. The summed E-state index contributed by atoms with van der Waals surface area (Å²) in [5.41, 5.74) is 2.26.